The quantitative estimate of drug-likeness (QED) is 0.226. The Morgan fingerprint density at radius 1 is 1.11 bits per heavy atom. The van der Waals surface area contributed by atoms with Crippen LogP contribution in [0.3, 0.4) is 0 Å². The fourth-order valence-electron chi connectivity index (χ4n) is 8.13. The zero-order valence-electron chi connectivity index (χ0n) is 25.3. The molecular formula is C34H45NO3. The van der Waals surface area contributed by atoms with Gasteiger partial charge in [-0.1, -0.05) is 50.6 Å². The van der Waals surface area contributed by atoms with Crippen molar-refractivity contribution in [1.82, 2.24) is 0 Å². The van der Waals surface area contributed by atoms with Crippen LogP contribution in [-0.4, -0.2) is 23.9 Å². The van der Waals surface area contributed by atoms with Gasteiger partial charge in [0.15, 0.2) is 11.6 Å². The van der Waals surface area contributed by atoms with Crippen LogP contribution in [-0.2, 0) is 20.8 Å². The van der Waals surface area contributed by atoms with E-state index in [0.717, 1.165) is 47.1 Å². The van der Waals surface area contributed by atoms with Gasteiger partial charge in [-0.15, -0.1) is 0 Å². The molecular weight excluding hydrogens is 470 g/mol. The largest absolute Gasteiger partial charge is 0.393 e. The first-order valence-electron chi connectivity index (χ1n) is 14.0. The van der Waals surface area contributed by atoms with Gasteiger partial charge >= 0.3 is 0 Å². The van der Waals surface area contributed by atoms with E-state index in [1.807, 2.05) is 27.0 Å². The number of hydrogen-bond donors (Lipinski definition) is 0. The summed E-state index contributed by atoms with van der Waals surface area (Å²) in [7, 11) is 0. The number of Topliss-reactive ketones (excluding diaryl/α,β-unsaturated/α-hetero) is 2. The fourth-order valence-corrected chi connectivity index (χ4v) is 8.13. The number of carbonyl (C=O) groups is 2. The number of fused-ring (bicyclic) bond motifs is 3. The van der Waals surface area contributed by atoms with Crippen LogP contribution in [0.5, 0.6) is 0 Å². The Morgan fingerprint density at radius 2 is 1.74 bits per heavy atom. The van der Waals surface area contributed by atoms with Gasteiger partial charge in [0, 0.05) is 0 Å². The highest BCUT2D eigenvalue weighted by Gasteiger charge is 2.62. The van der Waals surface area contributed by atoms with Gasteiger partial charge in [-0.3, -0.25) is 9.59 Å². The van der Waals surface area contributed by atoms with Crippen LogP contribution in [0.2, 0.25) is 0 Å². The molecule has 3 aliphatic carbocycles. The maximum atomic E-state index is 14.1. The average Bonchev–Trinajstić information content (AvgIpc) is 2.76. The summed E-state index contributed by atoms with van der Waals surface area (Å²) in [6, 6.07) is 2.27. The maximum Gasteiger partial charge on any atom is 0.176 e. The molecule has 0 N–H and O–H groups in total. The van der Waals surface area contributed by atoms with E-state index in [9.17, 15) is 9.59 Å². The van der Waals surface area contributed by atoms with E-state index in [-0.39, 0.29) is 28.5 Å². The minimum atomic E-state index is -0.748. The first kappa shape index (κ1) is 28.3. The van der Waals surface area contributed by atoms with Gasteiger partial charge in [-0.2, -0.15) is 0 Å². The first-order valence-corrected chi connectivity index (χ1v) is 14.0. The molecule has 0 fully saturated rings. The highest BCUT2D eigenvalue weighted by molar-refractivity contribution is 6.23. The first-order chi connectivity index (χ1) is 17.5. The summed E-state index contributed by atoms with van der Waals surface area (Å²) < 4.78 is 0. The summed E-state index contributed by atoms with van der Waals surface area (Å²) in [4.78, 5) is 32.2. The molecule has 0 spiro atoms. The molecule has 0 bridgehead atoms. The molecule has 0 amide bonds. The number of hydrogen-bond acceptors (Lipinski definition) is 4. The summed E-state index contributed by atoms with van der Waals surface area (Å²) >= 11 is 0. The summed E-state index contributed by atoms with van der Waals surface area (Å²) in [6.45, 7) is 27.6. The third kappa shape index (κ3) is 3.89. The molecule has 4 heteroatoms. The SMILES string of the molecule is C=C1C2=C(C)[C@]3(C)C(=O)C(C(C)=O)=C(C)C[C@]3(C)C[C@]2(C)Cc2c(C(C)C)cc(C=NOC(C)C)c(C)c21. The van der Waals surface area contributed by atoms with Crippen LogP contribution in [0, 0.1) is 23.2 Å². The molecule has 0 aromatic heterocycles. The van der Waals surface area contributed by atoms with Crippen LogP contribution < -0.4 is 0 Å². The fraction of sp³-hybridized carbons (Fsp3) is 0.559. The highest BCUT2D eigenvalue weighted by atomic mass is 16.6. The van der Waals surface area contributed by atoms with Crippen molar-refractivity contribution in [3.63, 3.8) is 0 Å². The molecule has 0 unspecified atom stereocenters. The van der Waals surface area contributed by atoms with Gasteiger partial charge < -0.3 is 4.84 Å². The monoisotopic (exact) mass is 515 g/mol. The molecule has 0 aliphatic heterocycles. The van der Waals surface area contributed by atoms with E-state index in [2.05, 4.69) is 59.7 Å². The molecule has 0 radical (unpaired) electrons. The van der Waals surface area contributed by atoms with Gasteiger partial charge in [0.25, 0.3) is 0 Å². The van der Waals surface area contributed by atoms with Crippen LogP contribution in [0.1, 0.15) is 116 Å². The number of ketones is 2. The van der Waals surface area contributed by atoms with E-state index >= 15 is 0 Å². The van der Waals surface area contributed by atoms with E-state index < -0.39 is 5.41 Å². The molecule has 0 saturated heterocycles. The molecule has 4 rings (SSSR count). The summed E-state index contributed by atoms with van der Waals surface area (Å²) in [5, 5.41) is 4.25. The number of oxime groups is 1. The molecule has 3 atom stereocenters. The normalized spacial score (nSPS) is 29.3. The zero-order valence-corrected chi connectivity index (χ0v) is 25.3. The lowest BCUT2D eigenvalue weighted by Gasteiger charge is -2.60. The van der Waals surface area contributed by atoms with Gasteiger partial charge in [-0.05, 0) is 130 Å². The van der Waals surface area contributed by atoms with Crippen molar-refractivity contribution in [3.8, 4) is 0 Å². The van der Waals surface area contributed by atoms with Crippen molar-refractivity contribution in [2.45, 2.75) is 107 Å². The second kappa shape index (κ2) is 9.17. The summed E-state index contributed by atoms with van der Waals surface area (Å²) in [5.41, 5.74) is 9.50. The third-order valence-electron chi connectivity index (χ3n) is 9.86. The lowest BCUT2D eigenvalue weighted by molar-refractivity contribution is -0.134. The van der Waals surface area contributed by atoms with Crippen molar-refractivity contribution in [2.24, 2.45) is 21.4 Å². The Bertz CT molecular complexity index is 1350. The highest BCUT2D eigenvalue weighted by Crippen LogP contribution is 2.68. The van der Waals surface area contributed by atoms with Crippen molar-refractivity contribution in [3.05, 3.63) is 62.8 Å². The topological polar surface area (TPSA) is 55.7 Å². The lowest BCUT2D eigenvalue weighted by Crippen LogP contribution is -2.56. The minimum absolute atomic E-state index is 0.0140. The maximum absolute atomic E-state index is 14.1. The molecule has 0 heterocycles. The number of benzene rings is 1. The van der Waals surface area contributed by atoms with Crippen LogP contribution in [0.4, 0.5) is 0 Å². The predicted molar refractivity (Wildman–Crippen MR) is 156 cm³/mol. The number of rotatable bonds is 5. The standard InChI is InChI=1S/C34H45NO3/c1-18(2)26-13-25(16-35-38-19(3)4)21(6)29-22(7)30-23(8)34(12)31(37)28(24(9)36)20(5)14-33(34,11)17-32(30,10)15-27(26)29/h13,16,18-19H,7,14-15,17H2,1-6,8-12H3/t32-,33+,34+/m0/s1. The van der Waals surface area contributed by atoms with Crippen LogP contribution in [0.25, 0.3) is 5.57 Å². The molecule has 1 aromatic carbocycles. The van der Waals surface area contributed by atoms with E-state index in [1.165, 1.54) is 29.2 Å². The second-order valence-electron chi connectivity index (χ2n) is 13.4. The van der Waals surface area contributed by atoms with Gasteiger partial charge in [0.05, 0.1) is 17.2 Å². The number of allylic oxidation sites excluding steroid dienone is 5. The Morgan fingerprint density at radius 3 is 2.29 bits per heavy atom. The Kier molecular flexibility index (Phi) is 6.82. The van der Waals surface area contributed by atoms with Crippen molar-refractivity contribution >= 4 is 23.4 Å². The molecule has 0 saturated carbocycles. The molecule has 4 nitrogen and oxygen atoms in total. The third-order valence-corrected chi connectivity index (χ3v) is 9.86. The van der Waals surface area contributed by atoms with Gasteiger partial charge in [0.2, 0.25) is 0 Å². The van der Waals surface area contributed by atoms with Crippen molar-refractivity contribution < 1.29 is 14.4 Å². The zero-order chi connectivity index (χ0) is 28.5. The predicted octanol–water partition coefficient (Wildman–Crippen LogP) is 8.06. The van der Waals surface area contributed by atoms with Crippen molar-refractivity contribution in [2.75, 3.05) is 0 Å². The molecule has 204 valence electrons. The van der Waals surface area contributed by atoms with E-state index in [0.29, 0.717) is 11.5 Å². The second-order valence-corrected chi connectivity index (χ2v) is 13.4. The van der Waals surface area contributed by atoms with Crippen LogP contribution >= 0.6 is 0 Å². The van der Waals surface area contributed by atoms with Crippen molar-refractivity contribution in [1.29, 1.82) is 0 Å². The lowest BCUT2D eigenvalue weighted by atomic mass is 9.42. The molecule has 3 aliphatic rings. The summed E-state index contributed by atoms with van der Waals surface area (Å²) in [5.74, 6) is 0.197. The average molecular weight is 516 g/mol. The molecule has 38 heavy (non-hydrogen) atoms. The number of carbonyl (C=O) groups excluding carboxylic acids is 2. The Balaban J connectivity index is 1.99. The van der Waals surface area contributed by atoms with E-state index in [1.54, 1.807) is 0 Å². The Hall–Kier alpha value is -2.75. The summed E-state index contributed by atoms with van der Waals surface area (Å²) in [6.07, 6.45) is 4.37. The van der Waals surface area contributed by atoms with E-state index in [4.69, 9.17) is 11.4 Å². The smallest absolute Gasteiger partial charge is 0.176 e. The minimum Gasteiger partial charge on any atom is -0.393 e. The molecule has 1 aromatic rings. The van der Waals surface area contributed by atoms with Gasteiger partial charge in [-0.25, -0.2) is 0 Å². The number of nitrogens with zero attached hydrogens (tertiary/aromatic N) is 1. The Labute approximate surface area is 229 Å². The van der Waals surface area contributed by atoms with Crippen LogP contribution in [0.15, 0.2) is 40.1 Å². The van der Waals surface area contributed by atoms with Gasteiger partial charge in [0.1, 0.15) is 6.10 Å².